The Labute approximate surface area is 128 Å². The zero-order chi connectivity index (χ0) is 15.5. The summed E-state index contributed by atoms with van der Waals surface area (Å²) in [6.45, 7) is 5.99. The summed E-state index contributed by atoms with van der Waals surface area (Å²) in [6, 6.07) is 14.6. The Hall–Kier alpha value is -2.81. The third-order valence-electron chi connectivity index (χ3n) is 3.39. The molecule has 110 valence electrons. The van der Waals surface area contributed by atoms with Gasteiger partial charge in [0.2, 0.25) is 0 Å². The first-order chi connectivity index (χ1) is 10.7. The van der Waals surface area contributed by atoms with Gasteiger partial charge in [-0.25, -0.2) is 0 Å². The highest BCUT2D eigenvalue weighted by Crippen LogP contribution is 2.30. The summed E-state index contributed by atoms with van der Waals surface area (Å²) in [5.74, 6) is 1.16. The van der Waals surface area contributed by atoms with Gasteiger partial charge in [-0.2, -0.15) is 0 Å². The second-order valence-corrected chi connectivity index (χ2v) is 5.07. The predicted octanol–water partition coefficient (Wildman–Crippen LogP) is 4.33. The highest BCUT2D eigenvalue weighted by molar-refractivity contribution is 5.80. The van der Waals surface area contributed by atoms with Crippen LogP contribution in [0.1, 0.15) is 5.56 Å². The van der Waals surface area contributed by atoms with Crippen LogP contribution in [0.2, 0.25) is 0 Å². The Morgan fingerprint density at radius 2 is 2.00 bits per heavy atom. The molecule has 0 aliphatic carbocycles. The maximum atomic E-state index is 12.3. The van der Waals surface area contributed by atoms with Crippen molar-refractivity contribution in [2.45, 2.75) is 6.92 Å². The Morgan fingerprint density at radius 3 is 2.82 bits per heavy atom. The van der Waals surface area contributed by atoms with Crippen LogP contribution in [0.4, 0.5) is 0 Å². The van der Waals surface area contributed by atoms with E-state index in [2.05, 4.69) is 6.58 Å². The lowest BCUT2D eigenvalue weighted by atomic mass is 10.1. The number of rotatable bonds is 4. The molecule has 1 heterocycles. The van der Waals surface area contributed by atoms with Gasteiger partial charge in [0, 0.05) is 6.07 Å². The second kappa shape index (κ2) is 5.90. The molecule has 0 atom stereocenters. The minimum absolute atomic E-state index is 0.0570. The maximum absolute atomic E-state index is 12.3. The van der Waals surface area contributed by atoms with Crippen LogP contribution in [-0.2, 0) is 0 Å². The van der Waals surface area contributed by atoms with E-state index in [0.717, 1.165) is 11.1 Å². The summed E-state index contributed by atoms with van der Waals surface area (Å²) in [7, 11) is 0. The van der Waals surface area contributed by atoms with Crippen molar-refractivity contribution in [1.82, 2.24) is 0 Å². The second-order valence-electron chi connectivity index (χ2n) is 5.07. The molecular weight excluding hydrogens is 276 g/mol. The summed E-state index contributed by atoms with van der Waals surface area (Å²) in [6.07, 6.45) is 1.68. The number of fused-ring (bicyclic) bond motifs is 1. The van der Waals surface area contributed by atoms with E-state index in [9.17, 15) is 4.79 Å². The number of benzene rings is 2. The van der Waals surface area contributed by atoms with Gasteiger partial charge >= 0.3 is 0 Å². The molecule has 1 aromatic heterocycles. The van der Waals surface area contributed by atoms with Gasteiger partial charge in [0.15, 0.2) is 5.43 Å². The molecule has 0 unspecified atom stereocenters. The lowest BCUT2D eigenvalue weighted by Gasteiger charge is -2.10. The molecule has 3 rings (SSSR count). The Kier molecular flexibility index (Phi) is 3.79. The van der Waals surface area contributed by atoms with E-state index in [1.165, 1.54) is 6.07 Å². The molecule has 0 saturated carbocycles. The van der Waals surface area contributed by atoms with Crippen LogP contribution in [0.3, 0.4) is 0 Å². The van der Waals surface area contributed by atoms with Crippen molar-refractivity contribution in [2.24, 2.45) is 0 Å². The number of hydrogen-bond acceptors (Lipinski definition) is 3. The predicted molar refractivity (Wildman–Crippen MR) is 88.3 cm³/mol. The van der Waals surface area contributed by atoms with Gasteiger partial charge in [0.25, 0.3) is 0 Å². The molecule has 0 fully saturated rings. The van der Waals surface area contributed by atoms with Crippen LogP contribution in [-0.4, -0.2) is 6.61 Å². The van der Waals surface area contributed by atoms with Crippen LogP contribution in [0.15, 0.2) is 70.4 Å². The van der Waals surface area contributed by atoms with E-state index in [-0.39, 0.29) is 5.43 Å². The molecule has 0 bridgehead atoms. The van der Waals surface area contributed by atoms with Gasteiger partial charge in [-0.05, 0) is 31.2 Å². The molecule has 2 aromatic carbocycles. The number of para-hydroxylation sites is 1. The minimum Gasteiger partial charge on any atom is -0.489 e. The van der Waals surface area contributed by atoms with Crippen molar-refractivity contribution < 1.29 is 9.15 Å². The minimum atomic E-state index is -0.0570. The highest BCUT2D eigenvalue weighted by Gasteiger charge is 2.11. The average molecular weight is 292 g/mol. The van der Waals surface area contributed by atoms with Gasteiger partial charge in [-0.1, -0.05) is 36.4 Å². The fourth-order valence-corrected chi connectivity index (χ4v) is 2.35. The molecule has 0 aliphatic heterocycles. The van der Waals surface area contributed by atoms with Crippen molar-refractivity contribution in [3.8, 4) is 17.1 Å². The van der Waals surface area contributed by atoms with E-state index in [1.807, 2.05) is 49.4 Å². The molecule has 0 N–H and O–H groups in total. The average Bonchev–Trinajstić information content (AvgIpc) is 2.53. The maximum Gasteiger partial charge on any atom is 0.193 e. The summed E-state index contributed by atoms with van der Waals surface area (Å²) in [5.41, 5.74) is 2.30. The van der Waals surface area contributed by atoms with Gasteiger partial charge < -0.3 is 9.15 Å². The number of hydrogen-bond donors (Lipinski definition) is 0. The van der Waals surface area contributed by atoms with Crippen molar-refractivity contribution in [3.63, 3.8) is 0 Å². The molecule has 0 spiro atoms. The van der Waals surface area contributed by atoms with Gasteiger partial charge in [-0.3, -0.25) is 4.79 Å². The van der Waals surface area contributed by atoms with Gasteiger partial charge in [0.1, 0.15) is 23.7 Å². The molecule has 0 radical (unpaired) electrons. The third kappa shape index (κ3) is 2.66. The van der Waals surface area contributed by atoms with E-state index >= 15 is 0 Å². The first-order valence-electron chi connectivity index (χ1n) is 7.06. The van der Waals surface area contributed by atoms with Crippen molar-refractivity contribution in [3.05, 3.63) is 77.0 Å². The summed E-state index contributed by atoms with van der Waals surface area (Å²) >= 11 is 0. The Bertz CT molecular complexity index is 891. The van der Waals surface area contributed by atoms with Crippen molar-refractivity contribution in [2.75, 3.05) is 6.61 Å². The molecular formula is C19H16O3. The van der Waals surface area contributed by atoms with Crippen LogP contribution in [0.25, 0.3) is 22.3 Å². The van der Waals surface area contributed by atoms with Crippen LogP contribution < -0.4 is 10.2 Å². The summed E-state index contributed by atoms with van der Waals surface area (Å²) in [5, 5.41) is 0.591. The van der Waals surface area contributed by atoms with E-state index in [1.54, 1.807) is 6.08 Å². The highest BCUT2D eigenvalue weighted by atomic mass is 16.5. The number of ether oxygens (including phenoxy) is 1. The fraction of sp³-hybridized carbons (Fsp3) is 0.105. The van der Waals surface area contributed by atoms with Crippen LogP contribution >= 0.6 is 0 Å². The lowest BCUT2D eigenvalue weighted by Crippen LogP contribution is -2.01. The van der Waals surface area contributed by atoms with Crippen molar-refractivity contribution >= 4 is 11.0 Å². The Morgan fingerprint density at radius 1 is 1.18 bits per heavy atom. The van der Waals surface area contributed by atoms with E-state index in [4.69, 9.17) is 9.15 Å². The monoisotopic (exact) mass is 292 g/mol. The quantitative estimate of drug-likeness (QED) is 0.672. The smallest absolute Gasteiger partial charge is 0.193 e. The fourth-order valence-electron chi connectivity index (χ4n) is 2.35. The van der Waals surface area contributed by atoms with Gasteiger partial charge in [-0.15, -0.1) is 0 Å². The summed E-state index contributed by atoms with van der Waals surface area (Å²) < 4.78 is 11.5. The number of aryl methyl sites for hydroxylation is 1. The van der Waals surface area contributed by atoms with Crippen molar-refractivity contribution in [1.29, 1.82) is 0 Å². The third-order valence-corrected chi connectivity index (χ3v) is 3.39. The van der Waals surface area contributed by atoms with E-state index < -0.39 is 0 Å². The Balaban J connectivity index is 2.17. The first-order valence-corrected chi connectivity index (χ1v) is 7.06. The molecule has 0 aliphatic rings. The molecule has 3 heteroatoms. The molecule has 3 aromatic rings. The largest absolute Gasteiger partial charge is 0.489 e. The normalized spacial score (nSPS) is 10.6. The topological polar surface area (TPSA) is 39.4 Å². The SMILES string of the molecule is C=CCOc1ccccc1-c1cc(=O)c2cc(C)ccc2o1. The summed E-state index contributed by atoms with van der Waals surface area (Å²) in [4.78, 5) is 12.3. The molecule has 0 amide bonds. The van der Waals surface area contributed by atoms with Crippen LogP contribution in [0.5, 0.6) is 5.75 Å². The molecule has 3 nitrogen and oxygen atoms in total. The standard InChI is InChI=1S/C19H16O3/c1-3-10-21-17-7-5-4-6-14(17)19-12-16(20)15-11-13(2)8-9-18(15)22-19/h3-9,11-12H,1,10H2,2H3. The molecule has 22 heavy (non-hydrogen) atoms. The van der Waals surface area contributed by atoms with Gasteiger partial charge in [0.05, 0.1) is 10.9 Å². The molecule has 0 saturated heterocycles. The van der Waals surface area contributed by atoms with E-state index in [0.29, 0.717) is 29.1 Å². The zero-order valence-corrected chi connectivity index (χ0v) is 12.3. The zero-order valence-electron chi connectivity index (χ0n) is 12.3. The first kappa shape index (κ1) is 14.1. The van der Waals surface area contributed by atoms with Crippen LogP contribution in [0, 0.1) is 6.92 Å². The lowest BCUT2D eigenvalue weighted by molar-refractivity contribution is 0.363.